The number of aliphatic hydroxyl groups is 1. The number of nitrogens with zero attached hydrogens (tertiary/aromatic N) is 2. The Balaban J connectivity index is 1.91. The van der Waals surface area contributed by atoms with Gasteiger partial charge in [-0.05, 0) is 18.6 Å². The average Bonchev–Trinajstić information content (AvgIpc) is 2.49. The van der Waals surface area contributed by atoms with Gasteiger partial charge in [-0.1, -0.05) is 37.6 Å². The van der Waals surface area contributed by atoms with E-state index in [2.05, 4.69) is 29.7 Å². The van der Waals surface area contributed by atoms with Crippen molar-refractivity contribution in [1.29, 1.82) is 0 Å². The molecule has 1 unspecified atom stereocenters. The van der Waals surface area contributed by atoms with Crippen LogP contribution in [0.5, 0.6) is 0 Å². The Morgan fingerprint density at radius 1 is 1.20 bits per heavy atom. The molecular weight excluding hydrogens is 272 g/mol. The van der Waals surface area contributed by atoms with Gasteiger partial charge in [0.1, 0.15) is 0 Å². The van der Waals surface area contributed by atoms with Crippen LogP contribution in [0.2, 0.25) is 5.02 Å². The molecule has 4 heteroatoms. The van der Waals surface area contributed by atoms with Crippen LogP contribution < -0.4 is 4.90 Å². The van der Waals surface area contributed by atoms with Crippen LogP contribution >= 0.6 is 11.6 Å². The minimum atomic E-state index is 0.0204. The Morgan fingerprint density at radius 2 is 1.85 bits per heavy atom. The zero-order valence-electron chi connectivity index (χ0n) is 12.5. The van der Waals surface area contributed by atoms with Gasteiger partial charge in [-0.15, -0.1) is 0 Å². The molecule has 1 aromatic carbocycles. The zero-order chi connectivity index (χ0) is 14.6. The Hall–Kier alpha value is -0.770. The second-order valence-electron chi connectivity index (χ2n) is 6.04. The van der Waals surface area contributed by atoms with Gasteiger partial charge in [-0.2, -0.15) is 0 Å². The summed E-state index contributed by atoms with van der Waals surface area (Å²) in [7, 11) is 0. The van der Waals surface area contributed by atoms with Gasteiger partial charge in [0.15, 0.2) is 0 Å². The third kappa shape index (κ3) is 3.66. The van der Waals surface area contributed by atoms with Gasteiger partial charge in [-0.3, -0.25) is 4.90 Å². The fourth-order valence-corrected chi connectivity index (χ4v) is 2.92. The normalized spacial score (nSPS) is 19.9. The van der Waals surface area contributed by atoms with E-state index in [1.54, 1.807) is 0 Å². The summed E-state index contributed by atoms with van der Waals surface area (Å²) in [6, 6.07) is 8.04. The van der Waals surface area contributed by atoms with E-state index in [9.17, 15) is 5.11 Å². The van der Waals surface area contributed by atoms with Gasteiger partial charge < -0.3 is 10.0 Å². The summed E-state index contributed by atoms with van der Waals surface area (Å²) >= 11 is 6.26. The molecule has 0 aromatic heterocycles. The number of piperazine rings is 1. The summed E-state index contributed by atoms with van der Waals surface area (Å²) < 4.78 is 0. The minimum absolute atomic E-state index is 0.0204. The fraction of sp³-hybridized carbons (Fsp3) is 0.625. The highest BCUT2D eigenvalue weighted by Gasteiger charge is 2.27. The molecule has 0 bridgehead atoms. The summed E-state index contributed by atoms with van der Waals surface area (Å²) in [6.07, 6.45) is 1.01. The molecule has 112 valence electrons. The SMILES string of the molecule is CCC(C)(CO)CN1CCN(c2ccccc2Cl)CC1. The number of halogens is 1. The molecule has 0 radical (unpaired) electrons. The Kier molecular flexibility index (Phi) is 5.30. The maximum absolute atomic E-state index is 9.53. The van der Waals surface area contributed by atoms with Crippen LogP contribution in [0.4, 0.5) is 5.69 Å². The van der Waals surface area contributed by atoms with Crippen LogP contribution in [0.1, 0.15) is 20.3 Å². The van der Waals surface area contributed by atoms with Crippen molar-refractivity contribution in [2.75, 3.05) is 44.2 Å². The van der Waals surface area contributed by atoms with E-state index in [0.29, 0.717) is 0 Å². The number of anilines is 1. The molecule has 0 amide bonds. The highest BCUT2D eigenvalue weighted by molar-refractivity contribution is 6.33. The second kappa shape index (κ2) is 6.79. The van der Waals surface area contributed by atoms with E-state index in [1.807, 2.05) is 18.2 Å². The first-order valence-corrected chi connectivity index (χ1v) is 7.78. The molecule has 1 aromatic rings. The topological polar surface area (TPSA) is 26.7 Å². The molecule has 20 heavy (non-hydrogen) atoms. The molecule has 1 atom stereocenters. The molecule has 1 aliphatic heterocycles. The number of rotatable bonds is 5. The molecular formula is C16H25ClN2O. The molecule has 0 spiro atoms. The summed E-state index contributed by atoms with van der Waals surface area (Å²) in [5, 5.41) is 10.4. The molecule has 1 fully saturated rings. The van der Waals surface area contributed by atoms with Crippen LogP contribution in [0.15, 0.2) is 24.3 Å². The average molecular weight is 297 g/mol. The summed E-state index contributed by atoms with van der Waals surface area (Å²) in [5.41, 5.74) is 1.15. The lowest BCUT2D eigenvalue weighted by Crippen LogP contribution is -2.50. The van der Waals surface area contributed by atoms with Crippen LogP contribution in [0.25, 0.3) is 0 Å². The summed E-state index contributed by atoms with van der Waals surface area (Å²) in [4.78, 5) is 4.80. The van der Waals surface area contributed by atoms with Crippen LogP contribution in [-0.2, 0) is 0 Å². The third-order valence-electron chi connectivity index (χ3n) is 4.41. The first kappa shape index (κ1) is 15.6. The van der Waals surface area contributed by atoms with Crippen molar-refractivity contribution in [3.8, 4) is 0 Å². The number of benzene rings is 1. The lowest BCUT2D eigenvalue weighted by Gasteiger charge is -2.40. The van der Waals surface area contributed by atoms with Gasteiger partial charge in [0.2, 0.25) is 0 Å². The number of aliphatic hydroxyl groups excluding tert-OH is 1. The number of hydrogen-bond acceptors (Lipinski definition) is 3. The maximum atomic E-state index is 9.53. The van der Waals surface area contributed by atoms with Gasteiger partial charge in [0, 0.05) is 44.7 Å². The van der Waals surface area contributed by atoms with Crippen molar-refractivity contribution >= 4 is 17.3 Å². The monoisotopic (exact) mass is 296 g/mol. The molecule has 1 aliphatic rings. The fourth-order valence-electron chi connectivity index (χ4n) is 2.67. The Morgan fingerprint density at radius 3 is 2.40 bits per heavy atom. The van der Waals surface area contributed by atoms with E-state index < -0.39 is 0 Å². The molecule has 0 aliphatic carbocycles. The highest BCUT2D eigenvalue weighted by Crippen LogP contribution is 2.27. The Bertz CT molecular complexity index is 426. The minimum Gasteiger partial charge on any atom is -0.396 e. The van der Waals surface area contributed by atoms with Crippen molar-refractivity contribution < 1.29 is 5.11 Å². The van der Waals surface area contributed by atoms with Crippen LogP contribution in [-0.4, -0.2) is 49.3 Å². The van der Waals surface area contributed by atoms with E-state index >= 15 is 0 Å². The van der Waals surface area contributed by atoms with Crippen molar-refractivity contribution in [3.63, 3.8) is 0 Å². The smallest absolute Gasteiger partial charge is 0.0639 e. The number of para-hydroxylation sites is 1. The lowest BCUT2D eigenvalue weighted by atomic mass is 9.88. The summed E-state index contributed by atoms with van der Waals surface area (Å²) in [6.45, 7) is 9.58. The molecule has 2 rings (SSSR count). The molecule has 1 heterocycles. The van der Waals surface area contributed by atoms with Crippen LogP contribution in [0.3, 0.4) is 0 Å². The van der Waals surface area contributed by atoms with E-state index in [-0.39, 0.29) is 12.0 Å². The first-order chi connectivity index (χ1) is 9.58. The molecule has 1 saturated heterocycles. The standard InChI is InChI=1S/C16H25ClN2O/c1-3-16(2,13-20)12-18-8-10-19(11-9-18)15-7-5-4-6-14(15)17/h4-7,20H,3,8-13H2,1-2H3. The van der Waals surface area contributed by atoms with E-state index in [4.69, 9.17) is 11.6 Å². The van der Waals surface area contributed by atoms with Crippen molar-refractivity contribution in [2.24, 2.45) is 5.41 Å². The quantitative estimate of drug-likeness (QED) is 0.905. The third-order valence-corrected chi connectivity index (χ3v) is 4.73. The van der Waals surface area contributed by atoms with Gasteiger partial charge in [0.25, 0.3) is 0 Å². The Labute approximate surface area is 127 Å². The molecule has 1 N–H and O–H groups in total. The first-order valence-electron chi connectivity index (χ1n) is 7.41. The number of hydrogen-bond donors (Lipinski definition) is 1. The van der Waals surface area contributed by atoms with E-state index in [0.717, 1.165) is 49.9 Å². The van der Waals surface area contributed by atoms with Crippen molar-refractivity contribution in [2.45, 2.75) is 20.3 Å². The molecule has 0 saturated carbocycles. The largest absolute Gasteiger partial charge is 0.396 e. The lowest BCUT2D eigenvalue weighted by molar-refractivity contribution is 0.0818. The van der Waals surface area contributed by atoms with Crippen molar-refractivity contribution in [1.82, 2.24) is 4.90 Å². The highest BCUT2D eigenvalue weighted by atomic mass is 35.5. The zero-order valence-corrected chi connectivity index (χ0v) is 13.2. The van der Waals surface area contributed by atoms with Gasteiger partial charge in [0.05, 0.1) is 10.7 Å². The summed E-state index contributed by atoms with van der Waals surface area (Å²) in [5.74, 6) is 0. The maximum Gasteiger partial charge on any atom is 0.0639 e. The molecule has 3 nitrogen and oxygen atoms in total. The van der Waals surface area contributed by atoms with Gasteiger partial charge in [-0.25, -0.2) is 0 Å². The van der Waals surface area contributed by atoms with Crippen LogP contribution in [0, 0.1) is 5.41 Å². The van der Waals surface area contributed by atoms with Crippen molar-refractivity contribution in [3.05, 3.63) is 29.3 Å². The predicted molar refractivity (Wildman–Crippen MR) is 85.6 cm³/mol. The van der Waals surface area contributed by atoms with E-state index in [1.165, 1.54) is 0 Å². The van der Waals surface area contributed by atoms with Gasteiger partial charge >= 0.3 is 0 Å². The second-order valence-corrected chi connectivity index (χ2v) is 6.44. The predicted octanol–water partition coefficient (Wildman–Crippen LogP) is 2.87.